The van der Waals surface area contributed by atoms with Gasteiger partial charge in [0.15, 0.2) is 0 Å². The fourth-order valence-electron chi connectivity index (χ4n) is 11.0. The summed E-state index contributed by atoms with van der Waals surface area (Å²) in [4.78, 5) is 60.7. The minimum Gasteiger partial charge on any atom is -0.391 e. The highest BCUT2D eigenvalue weighted by atomic mass is 35.5. The molecule has 5 aromatic rings. The molecule has 4 atom stereocenters. The fraction of sp³-hybridized carbons (Fsp3) is 0.545. The number of hydrogen-bond donors (Lipinski definition) is 4. The monoisotopic (exact) mass is 1060 g/mol. The first-order valence-electron chi connectivity index (χ1n) is 26.1. The molecule has 1 spiro atoms. The van der Waals surface area contributed by atoms with Crippen LogP contribution < -0.4 is 25.8 Å². The number of carbonyl (C=O) groups excluding carboxylic acids is 3. The number of anilines is 2. The highest BCUT2D eigenvalue weighted by Gasteiger charge is 2.49. The Bertz CT molecular complexity index is 2760. The van der Waals surface area contributed by atoms with Gasteiger partial charge in [0.05, 0.1) is 51.0 Å². The van der Waals surface area contributed by atoms with Gasteiger partial charge in [0.25, 0.3) is 0 Å². The van der Waals surface area contributed by atoms with Crippen LogP contribution in [0.1, 0.15) is 102 Å². The number of aryl methyl sites for hydroxylation is 1. The SMILES string of the molecule is Cc1ncsc1-c1ccc([C@H](C)NC(=O)[C@@H]2C[C@@H](O)CN2C(=O)[C@@H](NC(=O)CCCCCCCCN2CCN(c3cc(Cl)cc4c3nc(N3CC5(CNC5)C3)n4Cc3ccc(F)c(Cl)c3)CC2)C(C)(C)C)cc1. The Labute approximate surface area is 443 Å². The lowest BCUT2D eigenvalue weighted by Gasteiger charge is -2.56. The summed E-state index contributed by atoms with van der Waals surface area (Å²) in [6.07, 6.45) is 5.60. The highest BCUT2D eigenvalue weighted by Crippen LogP contribution is 2.41. The number of aromatic nitrogens is 3. The maximum atomic E-state index is 14.2. The molecule has 6 heterocycles. The number of benzene rings is 3. The summed E-state index contributed by atoms with van der Waals surface area (Å²) in [7, 11) is 0. The third-order valence-electron chi connectivity index (χ3n) is 15.3. The first kappa shape index (κ1) is 53.0. The van der Waals surface area contributed by atoms with Crippen molar-refractivity contribution in [2.24, 2.45) is 10.8 Å². The largest absolute Gasteiger partial charge is 0.391 e. The van der Waals surface area contributed by atoms with Crippen molar-refractivity contribution in [1.29, 1.82) is 0 Å². The minimum atomic E-state index is -0.854. The number of thiazole rings is 1. The summed E-state index contributed by atoms with van der Waals surface area (Å²) in [5.74, 6) is -0.392. The fourth-order valence-corrected chi connectivity index (χ4v) is 12.2. The smallest absolute Gasteiger partial charge is 0.246 e. The number of imidazole rings is 1. The number of aliphatic hydroxyl groups is 1. The van der Waals surface area contributed by atoms with E-state index in [0.717, 1.165) is 147 Å². The van der Waals surface area contributed by atoms with Crippen molar-refractivity contribution in [2.75, 3.05) is 75.2 Å². The number of amides is 3. The molecule has 0 aliphatic carbocycles. The molecule has 3 aromatic carbocycles. The number of nitrogens with zero attached hydrogens (tertiary/aromatic N) is 7. The molecule has 0 unspecified atom stereocenters. The second kappa shape index (κ2) is 22.6. The molecule has 9 rings (SSSR count). The number of β-amino-alcohol motifs (C(OH)–C–C–N with tert-alkyl or cyclic N) is 1. The van der Waals surface area contributed by atoms with Crippen LogP contribution in [0.4, 0.5) is 16.0 Å². The van der Waals surface area contributed by atoms with Crippen LogP contribution in [0.15, 0.2) is 60.1 Å². The van der Waals surface area contributed by atoms with Gasteiger partial charge in [-0.15, -0.1) is 11.3 Å². The van der Waals surface area contributed by atoms with Gasteiger partial charge in [-0.25, -0.2) is 14.4 Å². The van der Waals surface area contributed by atoms with Crippen LogP contribution in [-0.4, -0.2) is 131 Å². The van der Waals surface area contributed by atoms with Gasteiger partial charge >= 0.3 is 0 Å². The molecule has 4 aliphatic rings. The lowest BCUT2D eigenvalue weighted by molar-refractivity contribution is -0.144. The van der Waals surface area contributed by atoms with Gasteiger partial charge in [-0.2, -0.15) is 0 Å². The van der Waals surface area contributed by atoms with E-state index in [1.165, 1.54) is 11.0 Å². The molecule has 4 aliphatic heterocycles. The zero-order valence-electron chi connectivity index (χ0n) is 42.9. The number of likely N-dealkylation sites (tertiary alicyclic amines) is 1. The molecule has 0 bridgehead atoms. The Kier molecular flexibility index (Phi) is 16.4. The topological polar surface area (TPSA) is 151 Å². The number of nitrogens with one attached hydrogen (secondary N) is 3. The van der Waals surface area contributed by atoms with Crippen molar-refractivity contribution in [3.8, 4) is 10.4 Å². The van der Waals surface area contributed by atoms with Crippen LogP contribution in [0.2, 0.25) is 10.0 Å². The lowest BCUT2D eigenvalue weighted by Crippen LogP contribution is -2.71. The van der Waals surface area contributed by atoms with Crippen LogP contribution in [0.5, 0.6) is 0 Å². The van der Waals surface area contributed by atoms with Crippen LogP contribution >= 0.6 is 34.5 Å². The Morgan fingerprint density at radius 1 is 0.932 bits per heavy atom. The molecular weight excluding hydrogens is 987 g/mol. The van der Waals surface area contributed by atoms with Crippen molar-refractivity contribution in [3.63, 3.8) is 0 Å². The molecule has 73 heavy (non-hydrogen) atoms. The Morgan fingerprint density at radius 3 is 2.30 bits per heavy atom. The third-order valence-corrected chi connectivity index (χ3v) is 16.8. The zero-order chi connectivity index (χ0) is 51.6. The van der Waals surface area contributed by atoms with Crippen LogP contribution in [0, 0.1) is 23.6 Å². The van der Waals surface area contributed by atoms with Crippen LogP contribution in [-0.2, 0) is 20.9 Å². The Hall–Kier alpha value is -4.84. The third kappa shape index (κ3) is 12.2. The zero-order valence-corrected chi connectivity index (χ0v) is 45.2. The van der Waals surface area contributed by atoms with E-state index >= 15 is 0 Å². The van der Waals surface area contributed by atoms with Crippen molar-refractivity contribution in [1.82, 2.24) is 40.3 Å². The molecule has 2 aromatic heterocycles. The van der Waals surface area contributed by atoms with Gasteiger partial charge in [0, 0.05) is 82.2 Å². The highest BCUT2D eigenvalue weighted by molar-refractivity contribution is 7.13. The number of halogens is 3. The van der Waals surface area contributed by atoms with Gasteiger partial charge < -0.3 is 40.3 Å². The molecule has 18 heteroatoms. The van der Waals surface area contributed by atoms with E-state index in [1.54, 1.807) is 23.5 Å². The Morgan fingerprint density at radius 2 is 1.64 bits per heavy atom. The number of unbranched alkanes of at least 4 members (excludes halogenated alkanes) is 5. The molecule has 4 fully saturated rings. The van der Waals surface area contributed by atoms with E-state index in [2.05, 4.69) is 40.2 Å². The minimum absolute atomic E-state index is 0.0314. The second-order valence-corrected chi connectivity index (χ2v) is 23.8. The molecular formula is C55H71Cl2FN10O4S. The molecule has 392 valence electrons. The van der Waals surface area contributed by atoms with E-state index in [1.807, 2.05) is 76.5 Å². The molecule has 3 amide bonds. The van der Waals surface area contributed by atoms with Crippen LogP contribution in [0.3, 0.4) is 0 Å². The molecule has 14 nitrogen and oxygen atoms in total. The molecule has 0 radical (unpaired) electrons. The van der Waals surface area contributed by atoms with Crippen molar-refractivity contribution < 1.29 is 23.9 Å². The van der Waals surface area contributed by atoms with E-state index in [0.29, 0.717) is 23.4 Å². The van der Waals surface area contributed by atoms with Crippen LogP contribution in [0.25, 0.3) is 21.5 Å². The average Bonchev–Trinajstić information content (AvgIpc) is 4.05. The molecule has 4 N–H and O–H groups in total. The normalized spacial score (nSPS) is 19.8. The number of fused-ring (bicyclic) bond motifs is 1. The number of piperazine rings is 1. The maximum absolute atomic E-state index is 14.2. The first-order valence-corrected chi connectivity index (χ1v) is 27.7. The maximum Gasteiger partial charge on any atom is 0.246 e. The van der Waals surface area contributed by atoms with Crippen molar-refractivity contribution in [2.45, 2.75) is 117 Å². The summed E-state index contributed by atoms with van der Waals surface area (Å²) in [5, 5.41) is 21.0. The number of carbonyl (C=O) groups is 3. The van der Waals surface area contributed by atoms with Gasteiger partial charge in [-0.3, -0.25) is 19.3 Å². The summed E-state index contributed by atoms with van der Waals surface area (Å²) in [6, 6.07) is 14.9. The lowest BCUT2D eigenvalue weighted by atomic mass is 9.75. The average molecular weight is 1060 g/mol. The van der Waals surface area contributed by atoms with E-state index < -0.39 is 29.4 Å². The van der Waals surface area contributed by atoms with Gasteiger partial charge in [-0.05, 0) is 79.6 Å². The predicted octanol–water partition coefficient (Wildman–Crippen LogP) is 8.59. The molecule has 0 saturated carbocycles. The summed E-state index contributed by atoms with van der Waals surface area (Å²) < 4.78 is 16.3. The predicted molar refractivity (Wildman–Crippen MR) is 290 cm³/mol. The van der Waals surface area contributed by atoms with Gasteiger partial charge in [-0.1, -0.05) is 100.0 Å². The van der Waals surface area contributed by atoms with E-state index in [9.17, 15) is 23.9 Å². The van der Waals surface area contributed by atoms with Crippen molar-refractivity contribution in [3.05, 3.63) is 92.8 Å². The molecule has 4 saturated heterocycles. The second-order valence-electron chi connectivity index (χ2n) is 22.1. The van der Waals surface area contributed by atoms with Crippen molar-refractivity contribution >= 4 is 74.9 Å². The first-order chi connectivity index (χ1) is 34.9. The van der Waals surface area contributed by atoms with Gasteiger partial charge in [0.1, 0.15) is 23.4 Å². The van der Waals surface area contributed by atoms with E-state index in [4.69, 9.17) is 28.2 Å². The standard InChI is InChI=1S/C55H71Cl2FN10O4S/c1-35(38-14-16-39(17-15-38)49-36(2)60-34-73-49)61-51(71)46-27-41(69)29-67(46)52(72)50(54(3,4)5)62-47(70)12-10-8-6-7-9-11-19-64-20-22-65(23-21-64)44-25-40(56)26-45-48(44)63-53(66-32-55(33-66)30-59-31-55)68(45)28-37-13-18-43(58)42(57)24-37/h13-18,24-26,34-35,41,46,50,59,69H,6-12,19-23,27-33H2,1-5H3,(H,61,71)(H,62,70)/t35-,41+,46-,50+/m0/s1. The number of rotatable bonds is 19. The summed E-state index contributed by atoms with van der Waals surface area (Å²) in [5.41, 5.74) is 8.31. The summed E-state index contributed by atoms with van der Waals surface area (Å²) >= 11 is 14.7. The van der Waals surface area contributed by atoms with E-state index in [-0.39, 0.29) is 41.8 Å². The summed E-state index contributed by atoms with van der Waals surface area (Å²) in [6.45, 7) is 18.7. The number of aliphatic hydroxyl groups excluding tert-OH is 1. The number of hydrogen-bond acceptors (Lipinski definition) is 11. The van der Waals surface area contributed by atoms with Gasteiger partial charge in [0.2, 0.25) is 23.7 Å². The quantitative estimate of drug-likeness (QED) is 0.0593. The Balaban J connectivity index is 0.702.